The van der Waals surface area contributed by atoms with Crippen molar-refractivity contribution in [2.24, 2.45) is 0 Å². The molecule has 1 aliphatic heterocycles. The summed E-state index contributed by atoms with van der Waals surface area (Å²) >= 11 is 0. The van der Waals surface area contributed by atoms with Gasteiger partial charge in [-0.2, -0.15) is 0 Å². The molecule has 3 aromatic carbocycles. The van der Waals surface area contributed by atoms with E-state index in [-0.39, 0.29) is 5.75 Å². The topological polar surface area (TPSA) is 45.4 Å². The van der Waals surface area contributed by atoms with Gasteiger partial charge in [0.2, 0.25) is 0 Å². The Balaban J connectivity index is 2.05. The van der Waals surface area contributed by atoms with Crippen molar-refractivity contribution < 1.29 is 10.2 Å². The zero-order chi connectivity index (χ0) is 14.1. The summed E-state index contributed by atoms with van der Waals surface area (Å²) in [7, 11) is 0. The van der Waals surface area contributed by atoms with Crippen LogP contribution in [0.5, 0.6) is 11.5 Å². The zero-order valence-corrected chi connectivity index (χ0v) is 11.3. The van der Waals surface area contributed by atoms with Gasteiger partial charge >= 0.3 is 0 Å². The Morgan fingerprint density at radius 3 is 2.67 bits per heavy atom. The maximum Gasteiger partial charge on any atom is 0.120 e. The lowest BCUT2D eigenvalue weighted by molar-refractivity contribution is 0.470. The summed E-state index contributed by atoms with van der Waals surface area (Å²) in [4.78, 5) is 0. The molecule has 102 valence electrons. The highest BCUT2D eigenvalue weighted by Crippen LogP contribution is 2.40. The highest BCUT2D eigenvalue weighted by molar-refractivity contribution is 6.14. The quantitative estimate of drug-likeness (QED) is 0.511. The van der Waals surface area contributed by atoms with Gasteiger partial charge in [-0.25, -0.2) is 0 Å². The predicted molar refractivity (Wildman–Crippen MR) is 84.0 cm³/mol. The second-order valence-corrected chi connectivity index (χ2v) is 5.76. The SMILES string of the molecule is Oc1ccc2cc3c4ccc(O)c5c4n(c3cc2c1)CC5. The van der Waals surface area contributed by atoms with Crippen molar-refractivity contribution in [3.63, 3.8) is 0 Å². The fourth-order valence-electron chi connectivity index (χ4n) is 3.69. The van der Waals surface area contributed by atoms with Crippen molar-refractivity contribution >= 4 is 32.6 Å². The molecule has 4 aromatic rings. The molecular weight excluding hydrogens is 262 g/mol. The predicted octanol–water partition coefficient (Wildman–Crippen LogP) is 3.92. The molecule has 0 spiro atoms. The molecule has 1 aliphatic rings. The van der Waals surface area contributed by atoms with E-state index in [0.717, 1.165) is 34.8 Å². The number of hydrogen-bond acceptors (Lipinski definition) is 2. The molecular formula is C18H13NO2. The lowest BCUT2D eigenvalue weighted by atomic mass is 10.0. The first-order valence-corrected chi connectivity index (χ1v) is 7.12. The van der Waals surface area contributed by atoms with Crippen molar-refractivity contribution in [1.82, 2.24) is 4.57 Å². The molecule has 21 heavy (non-hydrogen) atoms. The average Bonchev–Trinajstić information content (AvgIpc) is 3.03. The Labute approximate surface area is 120 Å². The summed E-state index contributed by atoms with van der Waals surface area (Å²) in [6, 6.07) is 13.6. The smallest absolute Gasteiger partial charge is 0.120 e. The van der Waals surface area contributed by atoms with Crippen molar-refractivity contribution in [2.45, 2.75) is 13.0 Å². The first-order valence-electron chi connectivity index (χ1n) is 7.12. The Bertz CT molecular complexity index is 1060. The number of phenols is 2. The Morgan fingerprint density at radius 1 is 0.857 bits per heavy atom. The van der Waals surface area contributed by atoms with E-state index in [2.05, 4.69) is 16.7 Å². The van der Waals surface area contributed by atoms with Gasteiger partial charge in [-0.3, -0.25) is 0 Å². The van der Waals surface area contributed by atoms with E-state index in [4.69, 9.17) is 0 Å². The van der Waals surface area contributed by atoms with Crippen LogP contribution in [0.4, 0.5) is 0 Å². The first kappa shape index (κ1) is 11.0. The number of fused-ring (bicyclic) bond motifs is 4. The minimum atomic E-state index is 0.290. The van der Waals surface area contributed by atoms with E-state index in [1.165, 1.54) is 16.3 Å². The molecule has 0 saturated heterocycles. The minimum Gasteiger partial charge on any atom is -0.508 e. The molecule has 0 unspecified atom stereocenters. The van der Waals surface area contributed by atoms with Gasteiger partial charge in [0.15, 0.2) is 0 Å². The number of nitrogens with zero attached hydrogens (tertiary/aromatic N) is 1. The van der Waals surface area contributed by atoms with E-state index in [0.29, 0.717) is 5.75 Å². The summed E-state index contributed by atoms with van der Waals surface area (Å²) in [5.41, 5.74) is 3.38. The lowest BCUT2D eigenvalue weighted by Gasteiger charge is -2.03. The third-order valence-electron chi connectivity index (χ3n) is 4.63. The number of aromatic nitrogens is 1. The van der Waals surface area contributed by atoms with Crippen LogP contribution in [-0.4, -0.2) is 14.8 Å². The molecule has 0 atom stereocenters. The maximum atomic E-state index is 10.0. The summed E-state index contributed by atoms with van der Waals surface area (Å²) in [6.07, 6.45) is 0.881. The standard InChI is InChI=1S/C18H13NO2/c20-12-2-1-10-8-15-13-3-4-17(21)14-5-6-19(18(13)14)16(15)9-11(10)7-12/h1-4,7-9,20-21H,5-6H2. The summed E-state index contributed by atoms with van der Waals surface area (Å²) < 4.78 is 2.28. The van der Waals surface area contributed by atoms with Gasteiger partial charge in [-0.15, -0.1) is 0 Å². The van der Waals surface area contributed by atoms with Gasteiger partial charge in [0.1, 0.15) is 11.5 Å². The van der Waals surface area contributed by atoms with Crippen LogP contribution in [0.1, 0.15) is 5.56 Å². The molecule has 0 saturated carbocycles. The fraction of sp³-hybridized carbons (Fsp3) is 0.111. The second-order valence-electron chi connectivity index (χ2n) is 5.76. The Kier molecular flexibility index (Phi) is 1.84. The van der Waals surface area contributed by atoms with Gasteiger partial charge in [-0.1, -0.05) is 6.07 Å². The van der Waals surface area contributed by atoms with Crippen LogP contribution < -0.4 is 0 Å². The van der Waals surface area contributed by atoms with Crippen LogP contribution in [0.25, 0.3) is 32.6 Å². The van der Waals surface area contributed by atoms with Crippen molar-refractivity contribution in [3.05, 3.63) is 48.0 Å². The molecule has 0 radical (unpaired) electrons. The van der Waals surface area contributed by atoms with E-state index >= 15 is 0 Å². The number of aromatic hydroxyl groups is 2. The Hall–Kier alpha value is -2.68. The molecule has 0 aliphatic carbocycles. The van der Waals surface area contributed by atoms with Crippen LogP contribution in [0.2, 0.25) is 0 Å². The summed E-state index contributed by atoms with van der Waals surface area (Å²) in [5, 5.41) is 24.3. The third kappa shape index (κ3) is 1.28. The zero-order valence-electron chi connectivity index (χ0n) is 11.3. The van der Waals surface area contributed by atoms with E-state index in [1.54, 1.807) is 18.2 Å². The molecule has 3 heteroatoms. The number of hydrogen-bond donors (Lipinski definition) is 2. The highest BCUT2D eigenvalue weighted by Gasteiger charge is 2.22. The summed E-state index contributed by atoms with van der Waals surface area (Å²) in [6.45, 7) is 0.900. The highest BCUT2D eigenvalue weighted by atomic mass is 16.3. The minimum absolute atomic E-state index is 0.290. The van der Waals surface area contributed by atoms with Crippen molar-refractivity contribution in [3.8, 4) is 11.5 Å². The Morgan fingerprint density at radius 2 is 1.76 bits per heavy atom. The van der Waals surface area contributed by atoms with Crippen LogP contribution in [0.15, 0.2) is 42.5 Å². The summed E-state index contributed by atoms with van der Waals surface area (Å²) in [5.74, 6) is 0.684. The van der Waals surface area contributed by atoms with Crippen molar-refractivity contribution in [2.75, 3.05) is 0 Å². The number of phenolic OH excluding ortho intramolecular Hbond substituents is 2. The van der Waals surface area contributed by atoms with Crippen LogP contribution >= 0.6 is 0 Å². The lowest BCUT2D eigenvalue weighted by Crippen LogP contribution is -1.91. The molecule has 0 bridgehead atoms. The molecule has 3 nitrogen and oxygen atoms in total. The number of aryl methyl sites for hydroxylation is 2. The van der Waals surface area contributed by atoms with Gasteiger partial charge in [0.25, 0.3) is 0 Å². The third-order valence-corrected chi connectivity index (χ3v) is 4.63. The fourth-order valence-corrected chi connectivity index (χ4v) is 3.69. The van der Waals surface area contributed by atoms with Crippen LogP contribution in [-0.2, 0) is 13.0 Å². The van der Waals surface area contributed by atoms with Gasteiger partial charge in [0, 0.05) is 28.4 Å². The average molecular weight is 275 g/mol. The van der Waals surface area contributed by atoms with E-state index in [1.807, 2.05) is 12.1 Å². The number of rotatable bonds is 0. The van der Waals surface area contributed by atoms with Gasteiger partial charge in [0.05, 0.1) is 5.52 Å². The molecule has 0 amide bonds. The molecule has 0 fully saturated rings. The monoisotopic (exact) mass is 275 g/mol. The van der Waals surface area contributed by atoms with Crippen molar-refractivity contribution in [1.29, 1.82) is 0 Å². The first-order chi connectivity index (χ1) is 10.2. The van der Waals surface area contributed by atoms with Gasteiger partial charge in [-0.05, 0) is 53.6 Å². The van der Waals surface area contributed by atoms with E-state index < -0.39 is 0 Å². The maximum absolute atomic E-state index is 10.0. The normalized spacial score (nSPS) is 13.7. The molecule has 2 heterocycles. The second kappa shape index (κ2) is 3.50. The molecule has 1 aromatic heterocycles. The van der Waals surface area contributed by atoms with E-state index in [9.17, 15) is 10.2 Å². The number of benzene rings is 3. The van der Waals surface area contributed by atoms with Crippen LogP contribution in [0, 0.1) is 0 Å². The molecule has 2 N–H and O–H groups in total. The largest absolute Gasteiger partial charge is 0.508 e. The molecule has 5 rings (SSSR count). The van der Waals surface area contributed by atoms with Gasteiger partial charge < -0.3 is 14.8 Å². The van der Waals surface area contributed by atoms with Crippen LogP contribution in [0.3, 0.4) is 0 Å².